The molecule has 5 heteroatoms. The van der Waals surface area contributed by atoms with Crippen LogP contribution in [0, 0.1) is 0 Å². The first-order valence-corrected chi connectivity index (χ1v) is 3.63. The molecule has 0 radical (unpaired) electrons. The van der Waals surface area contributed by atoms with Gasteiger partial charge in [-0.25, -0.2) is 0 Å². The van der Waals surface area contributed by atoms with Crippen molar-refractivity contribution in [3.63, 3.8) is 0 Å². The standard InChI is InChI=1S/C6H7Cl2FO2/c1-2-11-4-3-5(10)6(7,8)9/h3-4H,2H2,1H3/b4-3+. The van der Waals surface area contributed by atoms with Crippen LogP contribution in [0.15, 0.2) is 12.3 Å². The van der Waals surface area contributed by atoms with Crippen LogP contribution >= 0.6 is 23.2 Å². The molecule has 0 aromatic heterocycles. The summed E-state index contributed by atoms with van der Waals surface area (Å²) >= 11 is 9.61. The first-order chi connectivity index (χ1) is 4.98. The molecule has 0 spiro atoms. The van der Waals surface area contributed by atoms with E-state index in [2.05, 4.69) is 4.74 Å². The van der Waals surface area contributed by atoms with Gasteiger partial charge in [0, 0.05) is 6.08 Å². The Morgan fingerprint density at radius 2 is 2.27 bits per heavy atom. The van der Waals surface area contributed by atoms with Gasteiger partial charge in [0.05, 0.1) is 12.9 Å². The van der Waals surface area contributed by atoms with Gasteiger partial charge in [-0.15, -0.1) is 0 Å². The molecule has 0 amide bonds. The summed E-state index contributed by atoms with van der Waals surface area (Å²) < 4.78 is 14.0. The van der Waals surface area contributed by atoms with Gasteiger partial charge >= 0.3 is 4.59 Å². The predicted octanol–water partition coefficient (Wildman–Crippen LogP) is 2.21. The molecular weight excluding hydrogens is 194 g/mol. The predicted molar refractivity (Wildman–Crippen MR) is 41.3 cm³/mol. The fraction of sp³-hybridized carbons (Fsp3) is 0.500. The van der Waals surface area contributed by atoms with E-state index in [-0.39, 0.29) is 0 Å². The minimum absolute atomic E-state index is 0.396. The summed E-state index contributed by atoms with van der Waals surface area (Å²) in [6.45, 7) is 2.12. The number of hydrogen-bond acceptors (Lipinski definition) is 2. The molecule has 0 saturated carbocycles. The van der Waals surface area contributed by atoms with Gasteiger partial charge in [0.25, 0.3) is 0 Å². The molecule has 0 atom stereocenters. The van der Waals surface area contributed by atoms with Gasteiger partial charge < -0.3 is 4.74 Å². The summed E-state index contributed by atoms with van der Waals surface area (Å²) in [6.07, 6.45) is 1.88. The highest BCUT2D eigenvalue weighted by Gasteiger charge is 2.30. The zero-order valence-corrected chi connectivity index (χ0v) is 7.32. The van der Waals surface area contributed by atoms with Gasteiger partial charge in [-0.05, 0) is 6.92 Å². The van der Waals surface area contributed by atoms with Gasteiger partial charge in [-0.2, -0.15) is 4.39 Å². The normalized spacial score (nSPS) is 12.0. The molecular formula is C6H7Cl2FO2. The lowest BCUT2D eigenvalue weighted by Gasteiger charge is -2.02. The van der Waals surface area contributed by atoms with E-state index < -0.39 is 10.4 Å². The molecule has 0 aliphatic heterocycles. The minimum Gasteiger partial charge on any atom is -0.501 e. The van der Waals surface area contributed by atoms with Crippen molar-refractivity contribution in [2.75, 3.05) is 6.61 Å². The van der Waals surface area contributed by atoms with Crippen LogP contribution in [-0.4, -0.2) is 17.0 Å². The molecule has 0 fully saturated rings. The Balaban J connectivity index is 3.88. The Morgan fingerprint density at radius 1 is 1.73 bits per heavy atom. The zero-order chi connectivity index (χ0) is 8.91. The third-order valence-corrected chi connectivity index (χ3v) is 1.13. The summed E-state index contributed by atoms with van der Waals surface area (Å²) in [7, 11) is 0. The number of hydrogen-bond donors (Lipinski definition) is 0. The van der Waals surface area contributed by atoms with E-state index in [0.717, 1.165) is 12.3 Å². The number of alkyl halides is 3. The van der Waals surface area contributed by atoms with Crippen molar-refractivity contribution in [2.24, 2.45) is 0 Å². The summed E-state index contributed by atoms with van der Waals surface area (Å²) in [5.74, 6) is -1.05. The lowest BCUT2D eigenvalue weighted by Crippen LogP contribution is -2.17. The lowest BCUT2D eigenvalue weighted by atomic mass is 10.4. The summed E-state index contributed by atoms with van der Waals surface area (Å²) in [5, 5.41) is 0. The molecule has 0 saturated heterocycles. The summed E-state index contributed by atoms with van der Waals surface area (Å²) in [6, 6.07) is 0. The van der Waals surface area contributed by atoms with Gasteiger partial charge in [0.15, 0.2) is 0 Å². The molecule has 0 rings (SSSR count). The molecule has 0 N–H and O–H groups in total. The summed E-state index contributed by atoms with van der Waals surface area (Å²) in [5.41, 5.74) is 0. The van der Waals surface area contributed by atoms with Crippen LogP contribution in [0.25, 0.3) is 0 Å². The van der Waals surface area contributed by atoms with Crippen LogP contribution in [0.1, 0.15) is 6.92 Å². The number of ketones is 1. The number of halogens is 3. The second-order valence-corrected chi connectivity index (χ2v) is 2.86. The van der Waals surface area contributed by atoms with Crippen molar-refractivity contribution >= 4 is 29.0 Å². The van der Waals surface area contributed by atoms with E-state index in [1.165, 1.54) is 0 Å². The first kappa shape index (κ1) is 10.7. The Hall–Kier alpha value is -0.280. The van der Waals surface area contributed by atoms with Crippen LogP contribution < -0.4 is 0 Å². The van der Waals surface area contributed by atoms with E-state index in [0.29, 0.717) is 6.61 Å². The Morgan fingerprint density at radius 3 is 2.64 bits per heavy atom. The number of allylic oxidation sites excluding steroid dienone is 1. The Kier molecular flexibility index (Phi) is 4.45. The highest BCUT2D eigenvalue weighted by molar-refractivity contribution is 6.57. The van der Waals surface area contributed by atoms with Gasteiger partial charge in [-0.1, -0.05) is 23.2 Å². The third kappa shape index (κ3) is 5.04. The van der Waals surface area contributed by atoms with E-state index in [4.69, 9.17) is 23.2 Å². The van der Waals surface area contributed by atoms with Gasteiger partial charge in [-0.3, -0.25) is 4.79 Å². The monoisotopic (exact) mass is 200 g/mol. The number of rotatable bonds is 4. The average molecular weight is 201 g/mol. The molecule has 2 nitrogen and oxygen atoms in total. The number of carbonyl (C=O) groups excluding carboxylic acids is 1. The van der Waals surface area contributed by atoms with E-state index >= 15 is 0 Å². The Bertz CT molecular complexity index is 162. The van der Waals surface area contributed by atoms with Crippen molar-refractivity contribution < 1.29 is 13.9 Å². The highest BCUT2D eigenvalue weighted by Crippen LogP contribution is 2.23. The van der Waals surface area contributed by atoms with Crippen LogP contribution in [-0.2, 0) is 9.53 Å². The molecule has 0 heterocycles. The lowest BCUT2D eigenvalue weighted by molar-refractivity contribution is -0.118. The molecule has 0 unspecified atom stereocenters. The average Bonchev–Trinajstić information content (AvgIpc) is 1.86. The molecule has 11 heavy (non-hydrogen) atoms. The first-order valence-electron chi connectivity index (χ1n) is 2.87. The highest BCUT2D eigenvalue weighted by atomic mass is 35.5. The molecule has 0 aromatic rings. The SMILES string of the molecule is CCO/C=C/C(=O)C(F)(Cl)Cl. The van der Waals surface area contributed by atoms with E-state index in [9.17, 15) is 9.18 Å². The fourth-order valence-corrected chi connectivity index (χ4v) is 0.427. The molecule has 64 valence electrons. The van der Waals surface area contributed by atoms with Crippen LogP contribution in [0.5, 0.6) is 0 Å². The Labute approximate surface area is 73.9 Å². The largest absolute Gasteiger partial charge is 0.501 e. The van der Waals surface area contributed by atoms with E-state index in [1.54, 1.807) is 6.92 Å². The smallest absolute Gasteiger partial charge is 0.320 e. The van der Waals surface area contributed by atoms with Crippen molar-refractivity contribution in [1.29, 1.82) is 0 Å². The maximum Gasteiger partial charge on any atom is 0.320 e. The number of ether oxygens (including phenoxy) is 1. The fourth-order valence-electron chi connectivity index (χ4n) is 0.301. The van der Waals surface area contributed by atoms with Crippen LogP contribution in [0.2, 0.25) is 0 Å². The van der Waals surface area contributed by atoms with Gasteiger partial charge in [0.1, 0.15) is 0 Å². The zero-order valence-electron chi connectivity index (χ0n) is 5.81. The number of carbonyl (C=O) groups is 1. The van der Waals surface area contributed by atoms with Crippen molar-refractivity contribution in [3.8, 4) is 0 Å². The second-order valence-electron chi connectivity index (χ2n) is 1.62. The van der Waals surface area contributed by atoms with Crippen LogP contribution in [0.3, 0.4) is 0 Å². The maximum absolute atomic E-state index is 12.3. The molecule has 0 bridgehead atoms. The van der Waals surface area contributed by atoms with Crippen molar-refractivity contribution in [2.45, 2.75) is 11.5 Å². The molecule has 0 aliphatic carbocycles. The van der Waals surface area contributed by atoms with E-state index in [1.807, 2.05) is 0 Å². The topological polar surface area (TPSA) is 26.3 Å². The van der Waals surface area contributed by atoms with Crippen molar-refractivity contribution in [1.82, 2.24) is 0 Å². The van der Waals surface area contributed by atoms with Crippen molar-refractivity contribution in [3.05, 3.63) is 12.3 Å². The summed E-state index contributed by atoms with van der Waals surface area (Å²) in [4.78, 5) is 10.5. The minimum atomic E-state index is -2.85. The third-order valence-electron chi connectivity index (χ3n) is 0.762. The van der Waals surface area contributed by atoms with Crippen LogP contribution in [0.4, 0.5) is 4.39 Å². The quantitative estimate of drug-likeness (QED) is 0.396. The van der Waals surface area contributed by atoms with Gasteiger partial charge in [0.2, 0.25) is 5.78 Å². The maximum atomic E-state index is 12.3. The molecule has 0 aromatic carbocycles. The second kappa shape index (κ2) is 4.57. The molecule has 0 aliphatic rings.